The minimum Gasteiger partial charge on any atom is -0.466 e. The Bertz CT molecular complexity index is 1050. The van der Waals surface area contributed by atoms with Gasteiger partial charge in [-0.3, -0.25) is 14.2 Å². The third-order valence-corrected chi connectivity index (χ3v) is 7.59. The largest absolute Gasteiger partial charge is 0.466 e. The number of esters is 2. The summed E-state index contributed by atoms with van der Waals surface area (Å²) in [7, 11) is 0. The van der Waals surface area contributed by atoms with Crippen LogP contribution in [-0.2, 0) is 25.5 Å². The monoisotopic (exact) mass is 446 g/mol. The molecule has 2 atom stereocenters. The number of thiophene rings is 1. The highest BCUT2D eigenvalue weighted by atomic mass is 32.1. The van der Waals surface area contributed by atoms with E-state index in [9.17, 15) is 14.4 Å². The average molecular weight is 447 g/mol. The van der Waals surface area contributed by atoms with Gasteiger partial charge in [-0.2, -0.15) is 0 Å². The van der Waals surface area contributed by atoms with Gasteiger partial charge in [0.1, 0.15) is 22.8 Å². The van der Waals surface area contributed by atoms with Crippen LogP contribution in [0.4, 0.5) is 0 Å². The maximum atomic E-state index is 13.6. The molecular weight excluding hydrogens is 416 g/mol. The number of carbonyl (C=O) groups excluding carboxylic acids is 2. The van der Waals surface area contributed by atoms with Crippen molar-refractivity contribution in [3.63, 3.8) is 0 Å². The Kier molecular flexibility index (Phi) is 6.46. The second-order valence-electron chi connectivity index (χ2n) is 8.52. The molecule has 0 N–H and O–H groups in total. The van der Waals surface area contributed by atoms with Crippen molar-refractivity contribution in [2.75, 3.05) is 6.61 Å². The zero-order valence-electron chi connectivity index (χ0n) is 18.4. The van der Waals surface area contributed by atoms with E-state index in [0.717, 1.165) is 49.0 Å². The summed E-state index contributed by atoms with van der Waals surface area (Å²) in [5, 5.41) is 0.459. The molecule has 0 bridgehead atoms. The van der Waals surface area contributed by atoms with E-state index in [1.807, 2.05) is 0 Å². The fraction of sp³-hybridized carbons (Fsp3) is 0.652. The van der Waals surface area contributed by atoms with E-state index in [2.05, 4.69) is 4.98 Å². The van der Waals surface area contributed by atoms with Crippen molar-refractivity contribution in [1.82, 2.24) is 9.55 Å². The molecule has 2 aromatic heterocycles. The quantitative estimate of drug-likeness (QED) is 0.640. The summed E-state index contributed by atoms with van der Waals surface area (Å²) in [6.07, 6.45) is 7.34. The summed E-state index contributed by atoms with van der Waals surface area (Å²) in [4.78, 5) is 45.4. The lowest BCUT2D eigenvalue weighted by Crippen LogP contribution is -2.34. The normalized spacial score (nSPS) is 20.3. The molecule has 0 aliphatic heterocycles. The molecule has 1 saturated carbocycles. The maximum absolute atomic E-state index is 13.6. The van der Waals surface area contributed by atoms with Gasteiger partial charge in [0.2, 0.25) is 0 Å². The summed E-state index contributed by atoms with van der Waals surface area (Å²) in [5.74, 6) is -0.659. The van der Waals surface area contributed by atoms with Gasteiger partial charge in [-0.25, -0.2) is 9.78 Å². The van der Waals surface area contributed by atoms with Crippen LogP contribution in [0.15, 0.2) is 4.79 Å². The molecule has 31 heavy (non-hydrogen) atoms. The minimum absolute atomic E-state index is 0.0708. The highest BCUT2D eigenvalue weighted by Crippen LogP contribution is 2.41. The predicted octanol–water partition coefficient (Wildman–Crippen LogP) is 4.19. The van der Waals surface area contributed by atoms with Crippen LogP contribution < -0.4 is 5.56 Å². The number of hydrogen-bond acceptors (Lipinski definition) is 7. The van der Waals surface area contributed by atoms with Crippen LogP contribution in [0.1, 0.15) is 87.0 Å². The van der Waals surface area contributed by atoms with Gasteiger partial charge >= 0.3 is 11.9 Å². The fourth-order valence-electron chi connectivity index (χ4n) is 4.88. The van der Waals surface area contributed by atoms with Gasteiger partial charge in [0.05, 0.1) is 17.9 Å². The third kappa shape index (κ3) is 4.14. The van der Waals surface area contributed by atoms with Crippen LogP contribution in [0.2, 0.25) is 0 Å². The molecule has 2 unspecified atom stereocenters. The second-order valence-corrected chi connectivity index (χ2v) is 9.61. The van der Waals surface area contributed by atoms with E-state index >= 15 is 0 Å². The second kappa shape index (κ2) is 9.10. The number of fused-ring (bicyclic) bond motifs is 3. The smallest absolute Gasteiger partial charge is 0.329 e. The first-order chi connectivity index (χ1) is 14.9. The number of ether oxygens (including phenoxy) is 2. The van der Waals surface area contributed by atoms with Crippen molar-refractivity contribution in [1.29, 1.82) is 0 Å². The Morgan fingerprint density at radius 2 is 1.94 bits per heavy atom. The van der Waals surface area contributed by atoms with E-state index in [1.54, 1.807) is 20.8 Å². The van der Waals surface area contributed by atoms with Crippen molar-refractivity contribution in [3.8, 4) is 0 Å². The lowest BCUT2D eigenvalue weighted by Gasteiger charge is -2.25. The number of hydrogen-bond donors (Lipinski definition) is 0. The number of aryl methyl sites for hydroxylation is 2. The van der Waals surface area contributed by atoms with E-state index in [1.165, 1.54) is 22.3 Å². The van der Waals surface area contributed by atoms with Gasteiger partial charge in [0.25, 0.3) is 5.56 Å². The van der Waals surface area contributed by atoms with Crippen LogP contribution >= 0.6 is 11.3 Å². The van der Waals surface area contributed by atoms with Gasteiger partial charge in [-0.1, -0.05) is 6.42 Å². The molecule has 2 aromatic rings. The number of nitrogens with zero attached hydrogens (tertiary/aromatic N) is 2. The molecule has 0 amide bonds. The molecule has 2 aliphatic carbocycles. The molecule has 7 nitrogen and oxygen atoms in total. The molecule has 0 spiro atoms. The van der Waals surface area contributed by atoms with E-state index < -0.39 is 17.9 Å². The van der Waals surface area contributed by atoms with Gasteiger partial charge in [-0.05, 0) is 71.3 Å². The van der Waals surface area contributed by atoms with Crippen LogP contribution in [0.25, 0.3) is 10.2 Å². The van der Waals surface area contributed by atoms with Crippen LogP contribution in [0.3, 0.4) is 0 Å². The molecule has 1 fully saturated rings. The van der Waals surface area contributed by atoms with Crippen molar-refractivity contribution in [2.24, 2.45) is 0 Å². The summed E-state index contributed by atoms with van der Waals surface area (Å²) in [6, 6.07) is -0.772. The van der Waals surface area contributed by atoms with Gasteiger partial charge in [0, 0.05) is 4.88 Å². The van der Waals surface area contributed by atoms with Gasteiger partial charge in [0.15, 0.2) is 0 Å². The lowest BCUT2D eigenvalue weighted by molar-refractivity contribution is -0.154. The highest BCUT2D eigenvalue weighted by molar-refractivity contribution is 7.18. The van der Waals surface area contributed by atoms with Crippen molar-refractivity contribution < 1.29 is 19.1 Å². The Morgan fingerprint density at radius 3 is 2.65 bits per heavy atom. The zero-order chi connectivity index (χ0) is 22.1. The Hall–Kier alpha value is -2.22. The van der Waals surface area contributed by atoms with Crippen molar-refractivity contribution in [2.45, 2.75) is 90.2 Å². The number of rotatable bonds is 5. The van der Waals surface area contributed by atoms with Crippen molar-refractivity contribution >= 4 is 33.5 Å². The summed E-state index contributed by atoms with van der Waals surface area (Å²) >= 11 is 1.48. The SMILES string of the molecule is CCOC(=O)C1CCCc2sc3nc(C)n(C(C)C(=O)OC4CCCCC4)c(=O)c3c21. The minimum atomic E-state index is -0.772. The van der Waals surface area contributed by atoms with E-state index in [4.69, 9.17) is 9.47 Å². The lowest BCUT2D eigenvalue weighted by atomic mass is 9.86. The Morgan fingerprint density at radius 1 is 1.19 bits per heavy atom. The number of carbonyl (C=O) groups is 2. The number of aromatic nitrogens is 2. The first-order valence-corrected chi connectivity index (χ1v) is 12.2. The van der Waals surface area contributed by atoms with Crippen LogP contribution in [0.5, 0.6) is 0 Å². The summed E-state index contributed by atoms with van der Waals surface area (Å²) in [6.45, 7) is 5.52. The Balaban J connectivity index is 1.73. The molecule has 2 heterocycles. The molecule has 0 radical (unpaired) electrons. The summed E-state index contributed by atoms with van der Waals surface area (Å²) in [5.41, 5.74) is 0.480. The van der Waals surface area contributed by atoms with E-state index in [0.29, 0.717) is 29.1 Å². The predicted molar refractivity (Wildman–Crippen MR) is 119 cm³/mol. The molecule has 4 rings (SSSR count). The van der Waals surface area contributed by atoms with Gasteiger partial charge in [-0.15, -0.1) is 11.3 Å². The van der Waals surface area contributed by atoms with Gasteiger partial charge < -0.3 is 9.47 Å². The zero-order valence-corrected chi connectivity index (χ0v) is 19.3. The molecule has 0 saturated heterocycles. The van der Waals surface area contributed by atoms with Crippen molar-refractivity contribution in [3.05, 3.63) is 26.6 Å². The molecule has 0 aromatic carbocycles. The standard InChI is InChI=1S/C23H30N2O5S/c1-4-29-23(28)16-11-8-12-17-18(16)19-20(31-17)24-14(3)25(21(19)26)13(2)22(27)30-15-9-6-5-7-10-15/h13,15-16H,4-12H2,1-3H3. The molecular formula is C23H30N2O5S. The highest BCUT2D eigenvalue weighted by Gasteiger charge is 2.34. The average Bonchev–Trinajstić information content (AvgIpc) is 3.12. The molecule has 2 aliphatic rings. The van der Waals surface area contributed by atoms with Crippen LogP contribution in [-0.4, -0.2) is 34.2 Å². The fourth-order valence-corrected chi connectivity index (χ4v) is 6.19. The topological polar surface area (TPSA) is 87.5 Å². The maximum Gasteiger partial charge on any atom is 0.329 e. The third-order valence-electron chi connectivity index (χ3n) is 6.43. The summed E-state index contributed by atoms with van der Waals surface area (Å²) < 4.78 is 12.4. The molecule has 168 valence electrons. The first-order valence-electron chi connectivity index (χ1n) is 11.3. The first kappa shape index (κ1) is 22.0. The van der Waals surface area contributed by atoms with Crippen LogP contribution in [0, 0.1) is 6.92 Å². The molecule has 8 heteroatoms. The van der Waals surface area contributed by atoms with E-state index in [-0.39, 0.29) is 17.6 Å². The Labute approximate surface area is 185 Å².